The van der Waals surface area contributed by atoms with Gasteiger partial charge in [-0.2, -0.15) is 0 Å². The van der Waals surface area contributed by atoms with E-state index in [4.69, 9.17) is 0 Å². The summed E-state index contributed by atoms with van der Waals surface area (Å²) in [6.07, 6.45) is 4.01. The summed E-state index contributed by atoms with van der Waals surface area (Å²) in [5, 5.41) is 2.85. The van der Waals surface area contributed by atoms with Crippen molar-refractivity contribution < 1.29 is 13.6 Å². The molecule has 2 heterocycles. The van der Waals surface area contributed by atoms with Gasteiger partial charge in [0.15, 0.2) is 0 Å². The van der Waals surface area contributed by atoms with E-state index in [1.807, 2.05) is 28.8 Å². The van der Waals surface area contributed by atoms with Crippen molar-refractivity contribution in [2.45, 2.75) is 37.6 Å². The number of carbonyl (C=O) groups excluding carboxylic acids is 1. The molecule has 1 saturated carbocycles. The molecule has 0 aromatic carbocycles. The lowest BCUT2D eigenvalue weighted by Crippen LogP contribution is -2.40. The normalized spacial score (nSPS) is 19.1. The van der Waals surface area contributed by atoms with Gasteiger partial charge in [0.25, 0.3) is 5.91 Å². The number of fused-ring (bicyclic) bond motifs is 1. The predicted octanol–water partition coefficient (Wildman–Crippen LogP) is 3.25. The largest absolute Gasteiger partial charge is 0.349 e. The van der Waals surface area contributed by atoms with Crippen LogP contribution in [-0.4, -0.2) is 22.3 Å². The number of hydrogen-bond acceptors (Lipinski definition) is 1. The zero-order valence-corrected chi connectivity index (χ0v) is 11.0. The topological polar surface area (TPSA) is 33.5 Å². The van der Waals surface area contributed by atoms with Crippen LogP contribution in [0.15, 0.2) is 36.7 Å². The summed E-state index contributed by atoms with van der Waals surface area (Å²) in [6.45, 7) is 0. The third kappa shape index (κ3) is 2.66. The van der Waals surface area contributed by atoms with Crippen LogP contribution in [0.4, 0.5) is 8.78 Å². The Kier molecular flexibility index (Phi) is 3.20. The van der Waals surface area contributed by atoms with Crippen LogP contribution in [0.3, 0.4) is 0 Å². The molecule has 0 atom stereocenters. The zero-order chi connectivity index (χ0) is 14.2. The quantitative estimate of drug-likeness (QED) is 0.899. The summed E-state index contributed by atoms with van der Waals surface area (Å²) >= 11 is 0. The Bertz CT molecular complexity index is 593. The molecule has 3 nitrogen and oxygen atoms in total. The molecule has 20 heavy (non-hydrogen) atoms. The maximum absolute atomic E-state index is 13.1. The fourth-order valence-electron chi connectivity index (χ4n) is 2.63. The van der Waals surface area contributed by atoms with Crippen molar-refractivity contribution in [3.63, 3.8) is 0 Å². The van der Waals surface area contributed by atoms with Gasteiger partial charge in [-0.3, -0.25) is 4.79 Å². The highest BCUT2D eigenvalue weighted by atomic mass is 19.3. The van der Waals surface area contributed by atoms with Crippen molar-refractivity contribution in [2.24, 2.45) is 0 Å². The van der Waals surface area contributed by atoms with E-state index in [0.717, 1.165) is 5.52 Å². The number of nitrogens with one attached hydrogen (secondary N) is 1. The number of rotatable bonds is 2. The van der Waals surface area contributed by atoms with Gasteiger partial charge in [0.2, 0.25) is 5.92 Å². The number of aromatic nitrogens is 1. The lowest BCUT2D eigenvalue weighted by atomic mass is 9.92. The molecule has 2 aromatic rings. The first-order chi connectivity index (χ1) is 9.53. The SMILES string of the molecule is O=C(NC1CCC(F)(F)CC1)c1cc2ccccn2c1. The van der Waals surface area contributed by atoms with Crippen LogP contribution in [0.5, 0.6) is 0 Å². The lowest BCUT2D eigenvalue weighted by molar-refractivity contribution is -0.0399. The van der Waals surface area contributed by atoms with E-state index in [2.05, 4.69) is 5.32 Å². The summed E-state index contributed by atoms with van der Waals surface area (Å²) < 4.78 is 28.0. The Labute approximate surface area is 115 Å². The smallest absolute Gasteiger partial charge is 0.253 e. The molecule has 0 bridgehead atoms. The van der Waals surface area contributed by atoms with E-state index in [0.29, 0.717) is 18.4 Å². The van der Waals surface area contributed by atoms with Gasteiger partial charge in [-0.15, -0.1) is 0 Å². The minimum Gasteiger partial charge on any atom is -0.349 e. The van der Waals surface area contributed by atoms with E-state index < -0.39 is 5.92 Å². The monoisotopic (exact) mass is 278 g/mol. The molecule has 5 heteroatoms. The fraction of sp³-hybridized carbons (Fsp3) is 0.400. The number of pyridine rings is 1. The summed E-state index contributed by atoms with van der Waals surface area (Å²) in [7, 11) is 0. The fourth-order valence-corrected chi connectivity index (χ4v) is 2.63. The average molecular weight is 278 g/mol. The minimum atomic E-state index is -2.56. The zero-order valence-electron chi connectivity index (χ0n) is 11.0. The van der Waals surface area contributed by atoms with Crippen LogP contribution < -0.4 is 5.32 Å². The first kappa shape index (κ1) is 13.1. The van der Waals surface area contributed by atoms with E-state index in [1.54, 1.807) is 12.3 Å². The third-order valence-corrected chi connectivity index (χ3v) is 3.82. The molecule has 0 radical (unpaired) electrons. The second-order valence-corrected chi connectivity index (χ2v) is 5.37. The summed E-state index contributed by atoms with van der Waals surface area (Å²) in [5.74, 6) is -2.75. The summed E-state index contributed by atoms with van der Waals surface area (Å²) in [5.41, 5.74) is 1.50. The van der Waals surface area contributed by atoms with Crippen molar-refractivity contribution in [3.05, 3.63) is 42.2 Å². The molecule has 3 rings (SSSR count). The van der Waals surface area contributed by atoms with Crippen molar-refractivity contribution in [1.29, 1.82) is 0 Å². The van der Waals surface area contributed by atoms with Gasteiger partial charge in [0.1, 0.15) is 0 Å². The molecule has 1 N–H and O–H groups in total. The highest BCUT2D eigenvalue weighted by molar-refractivity contribution is 5.95. The highest BCUT2D eigenvalue weighted by Gasteiger charge is 2.35. The second-order valence-electron chi connectivity index (χ2n) is 5.37. The molecule has 2 aromatic heterocycles. The Morgan fingerprint density at radius 1 is 1.30 bits per heavy atom. The Balaban J connectivity index is 1.67. The standard InChI is InChI=1S/C15H16F2N2O/c16-15(17)6-4-12(5-7-15)18-14(20)11-9-13-3-1-2-8-19(13)10-11/h1-3,8-10,12H,4-7H2,(H,18,20). The maximum Gasteiger partial charge on any atom is 0.253 e. The number of carbonyl (C=O) groups is 1. The Morgan fingerprint density at radius 3 is 2.75 bits per heavy atom. The average Bonchev–Trinajstić information content (AvgIpc) is 2.85. The van der Waals surface area contributed by atoms with Gasteiger partial charge in [0.05, 0.1) is 5.56 Å². The number of halogens is 2. The molecule has 0 unspecified atom stereocenters. The van der Waals surface area contributed by atoms with Gasteiger partial charge in [-0.25, -0.2) is 8.78 Å². The highest BCUT2D eigenvalue weighted by Crippen LogP contribution is 2.33. The van der Waals surface area contributed by atoms with Gasteiger partial charge in [-0.1, -0.05) is 6.07 Å². The summed E-state index contributed by atoms with van der Waals surface area (Å²) in [6, 6.07) is 7.35. The number of alkyl halides is 2. The molecule has 1 fully saturated rings. The van der Waals surface area contributed by atoms with E-state index in [-0.39, 0.29) is 24.8 Å². The van der Waals surface area contributed by atoms with Crippen molar-refractivity contribution in [3.8, 4) is 0 Å². The number of amides is 1. The van der Waals surface area contributed by atoms with Crippen molar-refractivity contribution in [1.82, 2.24) is 9.72 Å². The van der Waals surface area contributed by atoms with Crippen molar-refractivity contribution >= 4 is 11.4 Å². The molecule has 106 valence electrons. The van der Waals surface area contributed by atoms with Crippen LogP contribution >= 0.6 is 0 Å². The summed E-state index contributed by atoms with van der Waals surface area (Å²) in [4.78, 5) is 12.1. The number of nitrogens with zero attached hydrogens (tertiary/aromatic N) is 1. The predicted molar refractivity (Wildman–Crippen MR) is 72.1 cm³/mol. The van der Waals surface area contributed by atoms with Crippen LogP contribution in [0.25, 0.3) is 5.52 Å². The molecule has 0 aliphatic heterocycles. The lowest BCUT2D eigenvalue weighted by Gasteiger charge is -2.28. The number of hydrogen-bond donors (Lipinski definition) is 1. The van der Waals surface area contributed by atoms with Gasteiger partial charge in [-0.05, 0) is 31.0 Å². The van der Waals surface area contributed by atoms with Crippen LogP contribution in [0.1, 0.15) is 36.0 Å². The Morgan fingerprint density at radius 2 is 2.05 bits per heavy atom. The van der Waals surface area contributed by atoms with E-state index in [1.165, 1.54) is 0 Å². The first-order valence-corrected chi connectivity index (χ1v) is 6.79. The molecule has 1 amide bonds. The molecule has 0 saturated heterocycles. The van der Waals surface area contributed by atoms with Crippen LogP contribution in [0, 0.1) is 0 Å². The van der Waals surface area contributed by atoms with Gasteiger partial charge >= 0.3 is 0 Å². The molecule has 0 spiro atoms. The Hall–Kier alpha value is -1.91. The molecular weight excluding hydrogens is 262 g/mol. The first-order valence-electron chi connectivity index (χ1n) is 6.79. The van der Waals surface area contributed by atoms with Gasteiger partial charge < -0.3 is 9.72 Å². The molecule has 1 aliphatic carbocycles. The van der Waals surface area contributed by atoms with Crippen LogP contribution in [0.2, 0.25) is 0 Å². The minimum absolute atomic E-state index is 0.143. The second kappa shape index (κ2) is 4.89. The van der Waals surface area contributed by atoms with Gasteiger partial charge in [0, 0.05) is 36.8 Å². The van der Waals surface area contributed by atoms with Crippen LogP contribution in [-0.2, 0) is 0 Å². The maximum atomic E-state index is 13.1. The molecule has 1 aliphatic rings. The van der Waals surface area contributed by atoms with E-state index >= 15 is 0 Å². The third-order valence-electron chi connectivity index (χ3n) is 3.82. The van der Waals surface area contributed by atoms with E-state index in [9.17, 15) is 13.6 Å². The molecular formula is C15H16F2N2O. The van der Waals surface area contributed by atoms with Crippen molar-refractivity contribution in [2.75, 3.05) is 0 Å².